The van der Waals surface area contributed by atoms with Gasteiger partial charge in [-0.25, -0.2) is 22.9 Å². The quantitative estimate of drug-likeness (QED) is 0.600. The van der Waals surface area contributed by atoms with Crippen molar-refractivity contribution in [1.82, 2.24) is 15.0 Å². The van der Waals surface area contributed by atoms with Gasteiger partial charge in [-0.3, -0.25) is 9.59 Å². The van der Waals surface area contributed by atoms with E-state index in [0.717, 1.165) is 6.20 Å². The van der Waals surface area contributed by atoms with Gasteiger partial charge in [0.15, 0.2) is 0 Å². The maximum absolute atomic E-state index is 12.6. The molecule has 2 amide bonds. The number of esters is 1. The van der Waals surface area contributed by atoms with Gasteiger partial charge in [-0.05, 0) is 36.2 Å². The van der Waals surface area contributed by atoms with Gasteiger partial charge < -0.3 is 10.1 Å². The second kappa shape index (κ2) is 9.97. The summed E-state index contributed by atoms with van der Waals surface area (Å²) in [4.78, 5) is 39.0. The van der Waals surface area contributed by atoms with E-state index in [4.69, 9.17) is 0 Å². The lowest BCUT2D eigenvalue weighted by molar-refractivity contribution is -0.123. The summed E-state index contributed by atoms with van der Waals surface area (Å²) in [7, 11) is -2.92. The molecule has 10 heteroatoms. The second-order valence-electron chi connectivity index (χ2n) is 6.70. The minimum Gasteiger partial charge on any atom is -0.464 e. The number of hydrogen-bond acceptors (Lipinski definition) is 7. The van der Waals surface area contributed by atoms with Crippen LogP contribution < -0.4 is 10.0 Å². The molecule has 9 nitrogen and oxygen atoms in total. The summed E-state index contributed by atoms with van der Waals surface area (Å²) < 4.78 is 31.6. The molecule has 0 aliphatic heterocycles. The Balaban J connectivity index is 2.07. The Morgan fingerprint density at radius 1 is 1.13 bits per heavy atom. The molecule has 2 rings (SSSR count). The molecule has 160 valence electrons. The van der Waals surface area contributed by atoms with Crippen molar-refractivity contribution in [3.8, 4) is 0 Å². The first-order valence-electron chi connectivity index (χ1n) is 9.12. The van der Waals surface area contributed by atoms with E-state index in [-0.39, 0.29) is 28.0 Å². The average molecular weight is 433 g/mol. The summed E-state index contributed by atoms with van der Waals surface area (Å²) in [5.74, 6) is -1.77. The van der Waals surface area contributed by atoms with Gasteiger partial charge in [-0.1, -0.05) is 26.0 Å². The lowest BCUT2D eigenvalue weighted by Crippen LogP contribution is -2.31. The molecule has 1 aromatic heterocycles. The Morgan fingerprint density at radius 3 is 2.47 bits per heavy atom. The Labute approximate surface area is 174 Å². The molecule has 0 spiro atoms. The molecular formula is C20H23N3O6S. The molecule has 1 aromatic carbocycles. The smallest absolute Gasteiger partial charge is 0.356 e. The summed E-state index contributed by atoms with van der Waals surface area (Å²) >= 11 is 0. The molecule has 0 saturated heterocycles. The van der Waals surface area contributed by atoms with Gasteiger partial charge in [0, 0.05) is 18.7 Å². The third-order valence-electron chi connectivity index (χ3n) is 4.09. The number of nitrogens with one attached hydrogen (secondary N) is 2. The van der Waals surface area contributed by atoms with E-state index in [9.17, 15) is 22.8 Å². The van der Waals surface area contributed by atoms with E-state index < -0.39 is 21.9 Å². The van der Waals surface area contributed by atoms with Crippen LogP contribution in [0.3, 0.4) is 0 Å². The Hall–Kier alpha value is -3.27. The van der Waals surface area contributed by atoms with Crippen LogP contribution in [-0.2, 0) is 26.0 Å². The van der Waals surface area contributed by atoms with Crippen LogP contribution >= 0.6 is 0 Å². The van der Waals surface area contributed by atoms with Gasteiger partial charge in [-0.2, -0.15) is 0 Å². The summed E-state index contributed by atoms with van der Waals surface area (Å²) in [6.45, 7) is 3.93. The molecule has 0 fully saturated rings. The number of carbonyl (C=O) groups is 3. The van der Waals surface area contributed by atoms with Crippen LogP contribution in [0.4, 0.5) is 0 Å². The number of benzene rings is 1. The van der Waals surface area contributed by atoms with Crippen LogP contribution in [0.5, 0.6) is 0 Å². The van der Waals surface area contributed by atoms with Gasteiger partial charge in [-0.15, -0.1) is 0 Å². The van der Waals surface area contributed by atoms with Gasteiger partial charge in [0.05, 0.1) is 17.6 Å². The predicted octanol–water partition coefficient (Wildman–Crippen LogP) is 1.30. The van der Waals surface area contributed by atoms with Crippen molar-refractivity contribution in [1.29, 1.82) is 0 Å². The Morgan fingerprint density at radius 2 is 1.87 bits per heavy atom. The molecule has 0 atom stereocenters. The minimum absolute atomic E-state index is 0.00540. The first-order chi connectivity index (χ1) is 14.1. The molecule has 0 aliphatic rings. The molecule has 30 heavy (non-hydrogen) atoms. The summed E-state index contributed by atoms with van der Waals surface area (Å²) in [5, 5.41) is 2.76. The van der Waals surface area contributed by atoms with Crippen LogP contribution in [0.15, 0.2) is 47.5 Å². The highest BCUT2D eigenvalue weighted by Gasteiger charge is 2.20. The highest BCUT2D eigenvalue weighted by atomic mass is 32.2. The van der Waals surface area contributed by atoms with Crippen LogP contribution in [0.1, 0.15) is 40.3 Å². The van der Waals surface area contributed by atoms with E-state index >= 15 is 0 Å². The Kier molecular flexibility index (Phi) is 7.65. The highest BCUT2D eigenvalue weighted by molar-refractivity contribution is 7.90. The molecular weight excluding hydrogens is 410 g/mol. The van der Waals surface area contributed by atoms with Crippen molar-refractivity contribution in [2.45, 2.75) is 25.2 Å². The minimum atomic E-state index is -4.12. The van der Waals surface area contributed by atoms with E-state index in [1.807, 2.05) is 4.72 Å². The predicted molar refractivity (Wildman–Crippen MR) is 108 cm³/mol. The number of amides is 2. The molecule has 0 aliphatic carbocycles. The van der Waals surface area contributed by atoms with E-state index in [2.05, 4.69) is 15.0 Å². The number of ether oxygens (including phenoxy) is 1. The molecule has 0 saturated carbocycles. The van der Waals surface area contributed by atoms with Crippen LogP contribution in [0.25, 0.3) is 0 Å². The number of nitrogens with zero attached hydrogens (tertiary/aromatic N) is 1. The number of hydrogen-bond donors (Lipinski definition) is 2. The summed E-state index contributed by atoms with van der Waals surface area (Å²) in [5.41, 5.74) is 0.659. The van der Waals surface area contributed by atoms with Crippen LogP contribution in [-0.4, -0.2) is 44.8 Å². The van der Waals surface area contributed by atoms with Gasteiger partial charge in [0.1, 0.15) is 5.69 Å². The van der Waals surface area contributed by atoms with Crippen molar-refractivity contribution in [3.63, 3.8) is 0 Å². The zero-order valence-corrected chi connectivity index (χ0v) is 17.7. The first-order valence-corrected chi connectivity index (χ1v) is 10.6. The fraction of sp³-hybridized carbons (Fsp3) is 0.300. The molecule has 0 radical (unpaired) electrons. The number of methoxy groups -OCH3 is 1. The lowest BCUT2D eigenvalue weighted by atomic mass is 10.1. The molecule has 0 bridgehead atoms. The van der Waals surface area contributed by atoms with Gasteiger partial charge >= 0.3 is 5.97 Å². The average Bonchev–Trinajstić information content (AvgIpc) is 2.73. The van der Waals surface area contributed by atoms with Crippen molar-refractivity contribution in [3.05, 3.63) is 59.4 Å². The molecule has 2 N–H and O–H groups in total. The van der Waals surface area contributed by atoms with E-state index in [0.29, 0.717) is 18.5 Å². The first kappa shape index (κ1) is 23.0. The van der Waals surface area contributed by atoms with E-state index in [1.54, 1.807) is 26.0 Å². The zero-order chi connectivity index (χ0) is 22.3. The summed E-state index contributed by atoms with van der Waals surface area (Å²) in [6.07, 6.45) is 1.53. The fourth-order valence-corrected chi connectivity index (χ4v) is 3.44. The third-order valence-corrected chi connectivity index (χ3v) is 5.42. The third kappa shape index (κ3) is 6.11. The molecule has 1 heterocycles. The standard InChI is InChI=1S/C20H23N3O6S/c1-13(2)18(24)21-10-9-14-5-4-6-16(11-14)30(27,28)23-19(25)15-7-8-17(22-12-15)20(26)29-3/h4-8,11-13H,9-10H2,1-3H3,(H,21,24)(H,23,25). The zero-order valence-electron chi connectivity index (χ0n) is 16.8. The van der Waals surface area contributed by atoms with Crippen molar-refractivity contribution >= 4 is 27.8 Å². The number of carbonyl (C=O) groups excluding carboxylic acids is 3. The molecule has 2 aromatic rings. The molecule has 0 unspecified atom stereocenters. The van der Waals surface area contributed by atoms with Crippen molar-refractivity contribution < 1.29 is 27.5 Å². The number of aromatic nitrogens is 1. The monoisotopic (exact) mass is 433 g/mol. The number of pyridine rings is 1. The van der Waals surface area contributed by atoms with Crippen molar-refractivity contribution in [2.24, 2.45) is 5.92 Å². The fourth-order valence-electron chi connectivity index (χ4n) is 2.40. The normalized spacial score (nSPS) is 11.1. The van der Waals surface area contributed by atoms with Crippen LogP contribution in [0.2, 0.25) is 0 Å². The second-order valence-corrected chi connectivity index (χ2v) is 8.38. The lowest BCUT2D eigenvalue weighted by Gasteiger charge is -2.10. The highest BCUT2D eigenvalue weighted by Crippen LogP contribution is 2.13. The maximum atomic E-state index is 12.6. The van der Waals surface area contributed by atoms with Crippen molar-refractivity contribution in [2.75, 3.05) is 13.7 Å². The van der Waals surface area contributed by atoms with Crippen LogP contribution in [0, 0.1) is 5.92 Å². The Bertz CT molecular complexity index is 1030. The number of rotatable bonds is 8. The van der Waals surface area contributed by atoms with Gasteiger partial charge in [0.25, 0.3) is 15.9 Å². The SMILES string of the molecule is COC(=O)c1ccc(C(=O)NS(=O)(=O)c2cccc(CCNC(=O)C(C)C)c2)cn1. The van der Waals surface area contributed by atoms with Gasteiger partial charge in [0.2, 0.25) is 5.91 Å². The number of sulfonamides is 1. The summed E-state index contributed by atoms with van der Waals surface area (Å²) in [6, 6.07) is 8.64. The maximum Gasteiger partial charge on any atom is 0.356 e. The topological polar surface area (TPSA) is 132 Å². The van der Waals surface area contributed by atoms with E-state index in [1.165, 1.54) is 31.4 Å². The largest absolute Gasteiger partial charge is 0.464 e.